The standard InChI is InChI=1S/C23H20ClFN4O2S/c1-15-26-8-9-29(15)21-7-2-16(10-20(21)25)12-27-22(30)11-18-14-32-23(28-18)13-31-19-5-3-17(24)4-6-19/h2-10,14H,11-13H2,1H3,(H,27,30). The molecule has 0 saturated carbocycles. The lowest BCUT2D eigenvalue weighted by molar-refractivity contribution is -0.120. The third-order valence-electron chi connectivity index (χ3n) is 4.70. The molecule has 2 aromatic carbocycles. The molecule has 4 aromatic rings. The Balaban J connectivity index is 1.27. The lowest BCUT2D eigenvalue weighted by atomic mass is 10.2. The molecule has 164 valence electrons. The molecule has 0 aliphatic carbocycles. The molecule has 0 saturated heterocycles. The van der Waals surface area contributed by atoms with Gasteiger partial charge in [0.2, 0.25) is 5.91 Å². The molecule has 0 unspecified atom stereocenters. The predicted molar refractivity (Wildman–Crippen MR) is 122 cm³/mol. The monoisotopic (exact) mass is 470 g/mol. The highest BCUT2D eigenvalue weighted by atomic mass is 35.5. The molecule has 32 heavy (non-hydrogen) atoms. The minimum absolute atomic E-state index is 0.145. The molecular formula is C23H20ClFN4O2S. The van der Waals surface area contributed by atoms with Crippen molar-refractivity contribution in [1.29, 1.82) is 0 Å². The van der Waals surface area contributed by atoms with Crippen molar-refractivity contribution in [3.05, 3.63) is 93.2 Å². The van der Waals surface area contributed by atoms with Crippen molar-refractivity contribution in [1.82, 2.24) is 19.9 Å². The number of rotatable bonds is 8. The van der Waals surface area contributed by atoms with Crippen molar-refractivity contribution in [2.45, 2.75) is 26.5 Å². The second-order valence-electron chi connectivity index (χ2n) is 7.06. The Morgan fingerprint density at radius 2 is 2.06 bits per heavy atom. The van der Waals surface area contributed by atoms with Gasteiger partial charge in [-0.3, -0.25) is 4.79 Å². The van der Waals surface area contributed by atoms with Gasteiger partial charge in [0.05, 0.1) is 17.8 Å². The molecule has 9 heteroatoms. The van der Waals surface area contributed by atoms with Gasteiger partial charge in [0.15, 0.2) is 0 Å². The Kier molecular flexibility index (Phi) is 6.82. The van der Waals surface area contributed by atoms with Crippen LogP contribution in [-0.4, -0.2) is 20.4 Å². The fraction of sp³-hybridized carbons (Fsp3) is 0.174. The maximum Gasteiger partial charge on any atom is 0.226 e. The van der Waals surface area contributed by atoms with E-state index in [0.717, 1.165) is 5.01 Å². The van der Waals surface area contributed by atoms with Gasteiger partial charge in [-0.25, -0.2) is 14.4 Å². The summed E-state index contributed by atoms with van der Waals surface area (Å²) in [6.07, 6.45) is 3.47. The molecule has 0 atom stereocenters. The molecule has 0 aliphatic rings. The summed E-state index contributed by atoms with van der Waals surface area (Å²) in [6.45, 7) is 2.35. The zero-order valence-electron chi connectivity index (χ0n) is 17.2. The van der Waals surface area contributed by atoms with Gasteiger partial charge < -0.3 is 14.6 Å². The van der Waals surface area contributed by atoms with Crippen LogP contribution in [0, 0.1) is 12.7 Å². The molecule has 2 heterocycles. The first-order valence-electron chi connectivity index (χ1n) is 9.85. The van der Waals surface area contributed by atoms with E-state index >= 15 is 0 Å². The number of imidazole rings is 1. The molecule has 0 fully saturated rings. The fourth-order valence-corrected chi connectivity index (χ4v) is 3.92. The van der Waals surface area contributed by atoms with E-state index in [1.54, 1.807) is 60.3 Å². The molecule has 0 aliphatic heterocycles. The number of carbonyl (C=O) groups excluding carboxylic acids is 1. The molecule has 1 amide bonds. The summed E-state index contributed by atoms with van der Waals surface area (Å²) in [5.41, 5.74) is 1.76. The van der Waals surface area contributed by atoms with Crippen molar-refractivity contribution in [3.8, 4) is 11.4 Å². The van der Waals surface area contributed by atoms with Gasteiger partial charge in [-0.05, 0) is 48.9 Å². The second-order valence-corrected chi connectivity index (χ2v) is 8.44. The van der Waals surface area contributed by atoms with E-state index in [4.69, 9.17) is 16.3 Å². The Bertz CT molecular complexity index is 1220. The molecule has 2 aromatic heterocycles. The van der Waals surface area contributed by atoms with Crippen molar-refractivity contribution >= 4 is 28.8 Å². The zero-order chi connectivity index (χ0) is 22.5. The zero-order valence-corrected chi connectivity index (χ0v) is 18.8. The molecule has 0 radical (unpaired) electrons. The second kappa shape index (κ2) is 9.93. The van der Waals surface area contributed by atoms with Crippen LogP contribution in [0.25, 0.3) is 5.69 Å². The number of aryl methyl sites for hydroxylation is 1. The maximum absolute atomic E-state index is 14.5. The van der Waals surface area contributed by atoms with Crippen LogP contribution in [0.2, 0.25) is 5.02 Å². The number of amides is 1. The lowest BCUT2D eigenvalue weighted by Gasteiger charge is -2.09. The van der Waals surface area contributed by atoms with Crippen LogP contribution in [0.5, 0.6) is 5.75 Å². The number of halogens is 2. The van der Waals surface area contributed by atoms with Crippen molar-refractivity contribution < 1.29 is 13.9 Å². The van der Waals surface area contributed by atoms with E-state index < -0.39 is 0 Å². The van der Waals surface area contributed by atoms with Crippen LogP contribution in [0.3, 0.4) is 0 Å². The van der Waals surface area contributed by atoms with E-state index in [2.05, 4.69) is 15.3 Å². The number of aromatic nitrogens is 3. The topological polar surface area (TPSA) is 69.0 Å². The Morgan fingerprint density at radius 3 is 2.78 bits per heavy atom. The van der Waals surface area contributed by atoms with Crippen LogP contribution < -0.4 is 10.1 Å². The Morgan fingerprint density at radius 1 is 1.25 bits per heavy atom. The summed E-state index contributed by atoms with van der Waals surface area (Å²) in [4.78, 5) is 20.8. The molecular weight excluding hydrogens is 451 g/mol. The summed E-state index contributed by atoms with van der Waals surface area (Å²) >= 11 is 7.29. The van der Waals surface area contributed by atoms with Crippen molar-refractivity contribution in [2.75, 3.05) is 0 Å². The van der Waals surface area contributed by atoms with Gasteiger partial charge in [0.1, 0.15) is 29.0 Å². The third kappa shape index (κ3) is 5.52. The average Bonchev–Trinajstić information content (AvgIpc) is 3.41. The highest BCUT2D eigenvalue weighted by molar-refractivity contribution is 7.09. The van der Waals surface area contributed by atoms with Gasteiger partial charge in [-0.2, -0.15) is 0 Å². The van der Waals surface area contributed by atoms with E-state index in [0.29, 0.717) is 40.1 Å². The maximum atomic E-state index is 14.5. The van der Waals surface area contributed by atoms with Crippen molar-refractivity contribution in [3.63, 3.8) is 0 Å². The SMILES string of the molecule is Cc1nccn1-c1ccc(CNC(=O)Cc2csc(COc3ccc(Cl)cc3)n2)cc1F. The molecule has 0 bridgehead atoms. The molecule has 6 nitrogen and oxygen atoms in total. The van der Waals surface area contributed by atoms with Crippen LogP contribution in [-0.2, 0) is 24.4 Å². The minimum atomic E-state index is -0.373. The largest absolute Gasteiger partial charge is 0.486 e. The number of thiazole rings is 1. The number of carbonyl (C=O) groups is 1. The summed E-state index contributed by atoms with van der Waals surface area (Å²) < 4.78 is 21.8. The predicted octanol–water partition coefficient (Wildman–Crippen LogP) is 4.87. The highest BCUT2D eigenvalue weighted by Gasteiger charge is 2.11. The van der Waals surface area contributed by atoms with Gasteiger partial charge >= 0.3 is 0 Å². The van der Waals surface area contributed by atoms with Gasteiger partial charge in [0.25, 0.3) is 0 Å². The lowest BCUT2D eigenvalue weighted by Crippen LogP contribution is -2.24. The van der Waals surface area contributed by atoms with Crippen LogP contribution in [0.15, 0.2) is 60.2 Å². The number of hydrogen-bond acceptors (Lipinski definition) is 5. The number of nitrogens with one attached hydrogen (secondary N) is 1. The first-order valence-corrected chi connectivity index (χ1v) is 11.1. The molecule has 1 N–H and O–H groups in total. The van der Waals surface area contributed by atoms with E-state index in [1.807, 2.05) is 5.38 Å². The number of benzene rings is 2. The minimum Gasteiger partial charge on any atom is -0.486 e. The van der Waals surface area contributed by atoms with Crippen LogP contribution in [0.4, 0.5) is 4.39 Å². The Labute approximate surface area is 193 Å². The number of hydrogen-bond donors (Lipinski definition) is 1. The first-order chi connectivity index (χ1) is 15.5. The van der Waals surface area contributed by atoms with Crippen molar-refractivity contribution in [2.24, 2.45) is 0 Å². The summed E-state index contributed by atoms with van der Waals surface area (Å²) in [5, 5.41) is 6.06. The Hall–Kier alpha value is -3.23. The highest BCUT2D eigenvalue weighted by Crippen LogP contribution is 2.19. The van der Waals surface area contributed by atoms with Crippen LogP contribution in [0.1, 0.15) is 22.1 Å². The normalized spacial score (nSPS) is 10.8. The van der Waals surface area contributed by atoms with Gasteiger partial charge in [-0.15, -0.1) is 11.3 Å². The molecule has 0 spiro atoms. The summed E-state index contributed by atoms with van der Waals surface area (Å²) in [5.74, 6) is 0.842. The fourth-order valence-electron chi connectivity index (χ4n) is 3.09. The molecule has 4 rings (SSSR count). The smallest absolute Gasteiger partial charge is 0.226 e. The van der Waals surface area contributed by atoms with E-state index in [9.17, 15) is 9.18 Å². The summed E-state index contributed by atoms with van der Waals surface area (Å²) in [6, 6.07) is 12.0. The first kappa shape index (κ1) is 22.0. The van der Waals surface area contributed by atoms with Gasteiger partial charge in [-0.1, -0.05) is 17.7 Å². The third-order valence-corrected chi connectivity index (χ3v) is 5.83. The summed E-state index contributed by atoms with van der Waals surface area (Å²) in [7, 11) is 0. The number of ether oxygens (including phenoxy) is 1. The average molecular weight is 471 g/mol. The van der Waals surface area contributed by atoms with E-state index in [1.165, 1.54) is 17.4 Å². The quantitative estimate of drug-likeness (QED) is 0.399. The van der Waals surface area contributed by atoms with Crippen LogP contribution >= 0.6 is 22.9 Å². The van der Waals surface area contributed by atoms with Gasteiger partial charge in [0, 0.05) is 29.3 Å². The van der Waals surface area contributed by atoms with E-state index in [-0.39, 0.29) is 24.7 Å². The number of nitrogens with zero attached hydrogens (tertiary/aromatic N) is 3.